The molecule has 0 bridgehead atoms. The van der Waals surface area contributed by atoms with Gasteiger partial charge in [-0.25, -0.2) is 5.84 Å². The predicted molar refractivity (Wildman–Crippen MR) is 51.5 cm³/mol. The molecule has 4 heteroatoms. The SMILES string of the molecule is NN1CSc2ccc(Br)cc21. The molecule has 0 saturated carbocycles. The van der Waals surface area contributed by atoms with E-state index in [1.807, 2.05) is 12.1 Å². The molecule has 0 atom stereocenters. The van der Waals surface area contributed by atoms with Gasteiger partial charge in [0.15, 0.2) is 0 Å². The number of hydrogen-bond donors (Lipinski definition) is 1. The summed E-state index contributed by atoms with van der Waals surface area (Å²) in [4.78, 5) is 1.26. The van der Waals surface area contributed by atoms with Crippen molar-refractivity contribution in [2.75, 3.05) is 10.9 Å². The average molecular weight is 231 g/mol. The molecule has 1 aliphatic rings. The molecule has 0 amide bonds. The second-order valence-corrected chi connectivity index (χ2v) is 4.26. The normalized spacial score (nSPS) is 15.3. The van der Waals surface area contributed by atoms with Crippen molar-refractivity contribution in [1.82, 2.24) is 0 Å². The molecule has 0 radical (unpaired) electrons. The van der Waals surface area contributed by atoms with E-state index in [9.17, 15) is 0 Å². The van der Waals surface area contributed by atoms with Crippen molar-refractivity contribution in [3.05, 3.63) is 22.7 Å². The molecule has 0 aromatic heterocycles. The van der Waals surface area contributed by atoms with Crippen LogP contribution in [0.25, 0.3) is 0 Å². The Balaban J connectivity index is 2.52. The molecule has 58 valence electrons. The molecule has 1 aliphatic heterocycles. The highest BCUT2D eigenvalue weighted by Gasteiger charge is 2.16. The number of rotatable bonds is 0. The fourth-order valence-electron chi connectivity index (χ4n) is 1.05. The van der Waals surface area contributed by atoms with Crippen LogP contribution in [0.2, 0.25) is 0 Å². The number of thioether (sulfide) groups is 1. The number of halogens is 1. The Labute approximate surface area is 77.9 Å². The number of nitrogens with zero attached hydrogens (tertiary/aromatic N) is 1. The molecular formula is C7H7BrN2S. The maximum Gasteiger partial charge on any atom is 0.0844 e. The Kier molecular flexibility index (Phi) is 1.83. The van der Waals surface area contributed by atoms with Crippen molar-refractivity contribution < 1.29 is 0 Å². The van der Waals surface area contributed by atoms with E-state index in [2.05, 4.69) is 22.0 Å². The summed E-state index contributed by atoms with van der Waals surface area (Å²) in [6.07, 6.45) is 0. The van der Waals surface area contributed by atoms with Gasteiger partial charge in [-0.3, -0.25) is 5.01 Å². The van der Waals surface area contributed by atoms with E-state index in [1.54, 1.807) is 16.8 Å². The van der Waals surface area contributed by atoms with Gasteiger partial charge in [-0.2, -0.15) is 0 Å². The van der Waals surface area contributed by atoms with Gasteiger partial charge < -0.3 is 0 Å². The van der Waals surface area contributed by atoms with Gasteiger partial charge in [0.25, 0.3) is 0 Å². The molecule has 2 rings (SSSR count). The molecule has 1 aromatic rings. The van der Waals surface area contributed by atoms with Crippen LogP contribution in [-0.4, -0.2) is 5.88 Å². The summed E-state index contributed by atoms with van der Waals surface area (Å²) < 4.78 is 1.08. The van der Waals surface area contributed by atoms with Crippen LogP contribution >= 0.6 is 27.7 Å². The number of benzene rings is 1. The summed E-state index contributed by atoms with van der Waals surface area (Å²) in [6.45, 7) is 0. The molecule has 0 fully saturated rings. The molecule has 2 nitrogen and oxygen atoms in total. The Morgan fingerprint density at radius 1 is 1.55 bits per heavy atom. The van der Waals surface area contributed by atoms with Gasteiger partial charge in [-0.15, -0.1) is 11.8 Å². The van der Waals surface area contributed by atoms with Crippen molar-refractivity contribution in [2.24, 2.45) is 5.84 Å². The third-order valence-electron chi connectivity index (χ3n) is 1.59. The minimum atomic E-state index is 0.853. The minimum Gasteiger partial charge on any atom is -0.300 e. The molecule has 1 heterocycles. The fourth-order valence-corrected chi connectivity index (χ4v) is 2.30. The highest BCUT2D eigenvalue weighted by atomic mass is 79.9. The zero-order chi connectivity index (χ0) is 7.84. The standard InChI is InChI=1S/C7H7BrN2S/c8-5-1-2-7-6(3-5)10(9)4-11-7/h1-3H,4,9H2. The first kappa shape index (κ1) is 7.46. The first-order valence-corrected chi connectivity index (χ1v) is 5.00. The van der Waals surface area contributed by atoms with Crippen LogP contribution < -0.4 is 10.9 Å². The largest absolute Gasteiger partial charge is 0.300 e. The Morgan fingerprint density at radius 2 is 2.36 bits per heavy atom. The van der Waals surface area contributed by atoms with Gasteiger partial charge in [0.05, 0.1) is 11.6 Å². The van der Waals surface area contributed by atoms with Gasteiger partial charge in [-0.05, 0) is 18.2 Å². The lowest BCUT2D eigenvalue weighted by Gasteiger charge is -2.09. The first-order chi connectivity index (χ1) is 5.27. The zero-order valence-corrected chi connectivity index (χ0v) is 8.15. The average Bonchev–Trinajstić information content (AvgIpc) is 2.33. The molecule has 2 N–H and O–H groups in total. The second kappa shape index (κ2) is 2.69. The summed E-state index contributed by atoms with van der Waals surface area (Å²) in [7, 11) is 0. The van der Waals surface area contributed by atoms with Gasteiger partial charge >= 0.3 is 0 Å². The quantitative estimate of drug-likeness (QED) is 0.694. The Hall–Kier alpha value is -0.190. The molecule has 0 saturated heterocycles. The van der Waals surface area contributed by atoms with Crippen LogP contribution in [0.1, 0.15) is 0 Å². The van der Waals surface area contributed by atoms with E-state index < -0.39 is 0 Å². The van der Waals surface area contributed by atoms with E-state index >= 15 is 0 Å². The first-order valence-electron chi connectivity index (χ1n) is 3.22. The van der Waals surface area contributed by atoms with Crippen LogP contribution in [0.3, 0.4) is 0 Å². The Morgan fingerprint density at radius 3 is 3.18 bits per heavy atom. The minimum absolute atomic E-state index is 0.853. The number of hydrogen-bond acceptors (Lipinski definition) is 3. The summed E-state index contributed by atoms with van der Waals surface area (Å²) >= 11 is 5.17. The lowest BCUT2D eigenvalue weighted by atomic mass is 10.3. The molecular weight excluding hydrogens is 224 g/mol. The van der Waals surface area contributed by atoms with Crippen LogP contribution in [0.5, 0.6) is 0 Å². The fraction of sp³-hybridized carbons (Fsp3) is 0.143. The van der Waals surface area contributed by atoms with Crippen LogP contribution in [0.4, 0.5) is 5.69 Å². The van der Waals surface area contributed by atoms with Gasteiger partial charge in [0.2, 0.25) is 0 Å². The van der Waals surface area contributed by atoms with Gasteiger partial charge in [-0.1, -0.05) is 15.9 Å². The predicted octanol–water partition coefficient (Wildman–Crippen LogP) is 2.19. The molecule has 1 aromatic carbocycles. The van der Waals surface area contributed by atoms with Crippen molar-refractivity contribution in [1.29, 1.82) is 0 Å². The summed E-state index contributed by atoms with van der Waals surface area (Å²) in [6, 6.07) is 6.15. The van der Waals surface area contributed by atoms with Crippen molar-refractivity contribution in [2.45, 2.75) is 4.90 Å². The van der Waals surface area contributed by atoms with Gasteiger partial charge in [0.1, 0.15) is 0 Å². The molecule has 0 unspecified atom stereocenters. The Bertz CT molecular complexity index is 290. The number of nitrogens with two attached hydrogens (primary N) is 1. The topological polar surface area (TPSA) is 29.3 Å². The molecule has 11 heavy (non-hydrogen) atoms. The lowest BCUT2D eigenvalue weighted by Crippen LogP contribution is -2.26. The lowest BCUT2D eigenvalue weighted by molar-refractivity contribution is 0.995. The highest BCUT2D eigenvalue weighted by Crippen LogP contribution is 2.37. The van der Waals surface area contributed by atoms with Gasteiger partial charge in [0, 0.05) is 9.37 Å². The van der Waals surface area contributed by atoms with Crippen LogP contribution in [0.15, 0.2) is 27.6 Å². The van der Waals surface area contributed by atoms with Crippen LogP contribution in [0, 0.1) is 0 Å². The van der Waals surface area contributed by atoms with E-state index in [-0.39, 0.29) is 0 Å². The third kappa shape index (κ3) is 1.26. The number of fused-ring (bicyclic) bond motifs is 1. The maximum atomic E-state index is 5.71. The third-order valence-corrected chi connectivity index (χ3v) is 3.15. The monoisotopic (exact) mass is 230 g/mol. The maximum absolute atomic E-state index is 5.71. The number of anilines is 1. The van der Waals surface area contributed by atoms with E-state index in [4.69, 9.17) is 5.84 Å². The molecule has 0 aliphatic carbocycles. The van der Waals surface area contributed by atoms with E-state index in [1.165, 1.54) is 4.90 Å². The summed E-state index contributed by atoms with van der Waals surface area (Å²) in [5.41, 5.74) is 1.12. The van der Waals surface area contributed by atoms with Crippen molar-refractivity contribution in [3.8, 4) is 0 Å². The summed E-state index contributed by atoms with van der Waals surface area (Å²) in [5.74, 6) is 6.56. The number of hydrazine groups is 1. The highest BCUT2D eigenvalue weighted by molar-refractivity contribution is 9.10. The van der Waals surface area contributed by atoms with E-state index in [0.717, 1.165) is 16.0 Å². The summed E-state index contributed by atoms with van der Waals surface area (Å²) in [5, 5.41) is 1.75. The zero-order valence-electron chi connectivity index (χ0n) is 5.75. The van der Waals surface area contributed by atoms with Crippen molar-refractivity contribution in [3.63, 3.8) is 0 Å². The van der Waals surface area contributed by atoms with Crippen molar-refractivity contribution >= 4 is 33.4 Å². The van der Waals surface area contributed by atoms with Crippen LogP contribution in [-0.2, 0) is 0 Å². The second-order valence-electron chi connectivity index (χ2n) is 2.36. The molecule has 0 spiro atoms. The smallest absolute Gasteiger partial charge is 0.0844 e. The van der Waals surface area contributed by atoms with E-state index in [0.29, 0.717) is 0 Å².